The second kappa shape index (κ2) is 8.21. The van der Waals surface area contributed by atoms with Gasteiger partial charge in [-0.25, -0.2) is 0 Å². The molecule has 0 radical (unpaired) electrons. The van der Waals surface area contributed by atoms with Gasteiger partial charge in [0, 0.05) is 18.0 Å². The van der Waals surface area contributed by atoms with Gasteiger partial charge in [-0.2, -0.15) is 10.2 Å². The van der Waals surface area contributed by atoms with Gasteiger partial charge in [-0.15, -0.1) is 0 Å². The molecule has 0 saturated carbocycles. The van der Waals surface area contributed by atoms with Crippen molar-refractivity contribution in [3.63, 3.8) is 0 Å². The molecule has 0 aliphatic rings. The van der Waals surface area contributed by atoms with Crippen LogP contribution in [0.4, 0.5) is 5.88 Å². The first-order valence-electron chi connectivity index (χ1n) is 8.59. The Labute approximate surface area is 153 Å². The molecule has 5 heteroatoms. The summed E-state index contributed by atoms with van der Waals surface area (Å²) in [6, 6.07) is 19.8. The van der Waals surface area contributed by atoms with Crippen LogP contribution < -0.4 is 10.1 Å². The Hall–Kier alpha value is -3.26. The van der Waals surface area contributed by atoms with Crippen LogP contribution in [0.3, 0.4) is 0 Å². The quantitative estimate of drug-likeness (QED) is 0.663. The maximum Gasteiger partial charge on any atom is 0.232 e. The lowest BCUT2D eigenvalue weighted by molar-refractivity contribution is 0.415. The highest BCUT2D eigenvalue weighted by Crippen LogP contribution is 2.28. The lowest BCUT2D eigenvalue weighted by Crippen LogP contribution is -2.12. The number of benzene rings is 2. The third-order valence-electron chi connectivity index (χ3n) is 4.34. The number of nitriles is 1. The molecule has 0 saturated heterocycles. The first-order valence-corrected chi connectivity index (χ1v) is 8.59. The van der Waals surface area contributed by atoms with E-state index in [0.717, 1.165) is 17.7 Å². The van der Waals surface area contributed by atoms with Gasteiger partial charge >= 0.3 is 0 Å². The van der Waals surface area contributed by atoms with Gasteiger partial charge < -0.3 is 14.5 Å². The fraction of sp³-hybridized carbons (Fsp3) is 0.238. The summed E-state index contributed by atoms with van der Waals surface area (Å²) in [5.41, 5.74) is 2.32. The second-order valence-corrected chi connectivity index (χ2v) is 5.93. The number of methoxy groups -OCH3 is 1. The molecule has 3 aromatic rings. The first kappa shape index (κ1) is 17.6. The highest BCUT2D eigenvalue weighted by molar-refractivity contribution is 5.59. The fourth-order valence-corrected chi connectivity index (χ4v) is 2.81. The molecule has 2 aromatic carbocycles. The molecule has 0 fully saturated rings. The average molecular weight is 347 g/mol. The second-order valence-electron chi connectivity index (χ2n) is 5.93. The number of ether oxygens (including phenoxy) is 1. The molecular weight excluding hydrogens is 326 g/mol. The molecule has 1 unspecified atom stereocenters. The number of oxazole rings is 1. The molecule has 0 aliphatic carbocycles. The van der Waals surface area contributed by atoms with Crippen molar-refractivity contribution in [1.29, 1.82) is 5.26 Å². The number of hydrogen-bond acceptors (Lipinski definition) is 5. The van der Waals surface area contributed by atoms with Gasteiger partial charge in [0.25, 0.3) is 0 Å². The largest absolute Gasteiger partial charge is 0.497 e. The van der Waals surface area contributed by atoms with Crippen molar-refractivity contribution in [2.75, 3.05) is 19.0 Å². The first-order chi connectivity index (χ1) is 12.7. The summed E-state index contributed by atoms with van der Waals surface area (Å²) in [6.45, 7) is 2.82. The van der Waals surface area contributed by atoms with Crippen molar-refractivity contribution >= 4 is 5.88 Å². The van der Waals surface area contributed by atoms with Crippen LogP contribution in [0.25, 0.3) is 11.5 Å². The van der Waals surface area contributed by atoms with E-state index in [-0.39, 0.29) is 5.69 Å². The third-order valence-corrected chi connectivity index (χ3v) is 4.34. The summed E-state index contributed by atoms with van der Waals surface area (Å²) in [5.74, 6) is 1.91. The Morgan fingerprint density at radius 2 is 1.88 bits per heavy atom. The number of anilines is 1. The van der Waals surface area contributed by atoms with Crippen LogP contribution in [0, 0.1) is 11.3 Å². The van der Waals surface area contributed by atoms with Gasteiger partial charge in [0.1, 0.15) is 11.8 Å². The van der Waals surface area contributed by atoms with Crippen LogP contribution in [-0.4, -0.2) is 18.6 Å². The van der Waals surface area contributed by atoms with Gasteiger partial charge in [0.05, 0.1) is 7.11 Å². The molecule has 1 heterocycles. The number of nitrogens with one attached hydrogen (secondary N) is 1. The summed E-state index contributed by atoms with van der Waals surface area (Å²) in [4.78, 5) is 4.30. The van der Waals surface area contributed by atoms with E-state index in [0.29, 0.717) is 24.2 Å². The van der Waals surface area contributed by atoms with Crippen molar-refractivity contribution in [2.45, 2.75) is 19.3 Å². The van der Waals surface area contributed by atoms with Crippen molar-refractivity contribution in [3.05, 3.63) is 65.9 Å². The molecule has 1 atom stereocenters. The fourth-order valence-electron chi connectivity index (χ4n) is 2.81. The van der Waals surface area contributed by atoms with Gasteiger partial charge in [-0.1, -0.05) is 37.3 Å². The van der Waals surface area contributed by atoms with Crippen molar-refractivity contribution in [2.24, 2.45) is 0 Å². The Balaban J connectivity index is 1.77. The summed E-state index contributed by atoms with van der Waals surface area (Å²) in [7, 11) is 1.62. The van der Waals surface area contributed by atoms with Gasteiger partial charge in [0.2, 0.25) is 17.5 Å². The van der Waals surface area contributed by atoms with Gasteiger partial charge in [0.15, 0.2) is 0 Å². The van der Waals surface area contributed by atoms with E-state index in [4.69, 9.17) is 9.15 Å². The van der Waals surface area contributed by atoms with Crippen molar-refractivity contribution in [3.8, 4) is 23.3 Å². The highest BCUT2D eigenvalue weighted by Gasteiger charge is 2.16. The Morgan fingerprint density at radius 3 is 2.50 bits per heavy atom. The van der Waals surface area contributed by atoms with E-state index < -0.39 is 0 Å². The zero-order valence-electron chi connectivity index (χ0n) is 14.9. The normalized spacial score (nSPS) is 11.6. The molecule has 0 aliphatic heterocycles. The Bertz CT molecular complexity index is 880. The van der Waals surface area contributed by atoms with Gasteiger partial charge in [-0.3, -0.25) is 0 Å². The number of hydrogen-bond donors (Lipinski definition) is 1. The Kier molecular flexibility index (Phi) is 5.55. The molecule has 5 nitrogen and oxygen atoms in total. The lowest BCUT2D eigenvalue weighted by Gasteiger charge is -2.15. The molecule has 0 bridgehead atoms. The topological polar surface area (TPSA) is 71.1 Å². The van der Waals surface area contributed by atoms with E-state index in [9.17, 15) is 5.26 Å². The van der Waals surface area contributed by atoms with E-state index in [2.05, 4.69) is 35.4 Å². The maximum atomic E-state index is 9.37. The molecule has 0 spiro atoms. The molecule has 0 amide bonds. The van der Waals surface area contributed by atoms with Crippen LogP contribution >= 0.6 is 0 Å². The summed E-state index contributed by atoms with van der Waals surface area (Å²) >= 11 is 0. The van der Waals surface area contributed by atoms with Crippen LogP contribution in [-0.2, 0) is 0 Å². The maximum absolute atomic E-state index is 9.37. The summed E-state index contributed by atoms with van der Waals surface area (Å²) < 4.78 is 11.0. The van der Waals surface area contributed by atoms with E-state index >= 15 is 0 Å². The highest BCUT2D eigenvalue weighted by atomic mass is 16.5. The lowest BCUT2D eigenvalue weighted by atomic mass is 9.96. The van der Waals surface area contributed by atoms with E-state index in [1.165, 1.54) is 5.56 Å². The molecule has 3 rings (SSSR count). The molecule has 132 valence electrons. The van der Waals surface area contributed by atoms with Crippen LogP contribution in [0.2, 0.25) is 0 Å². The molecule has 1 aromatic heterocycles. The zero-order valence-corrected chi connectivity index (χ0v) is 14.9. The molecule has 26 heavy (non-hydrogen) atoms. The predicted molar refractivity (Wildman–Crippen MR) is 101 cm³/mol. The van der Waals surface area contributed by atoms with Crippen LogP contribution in [0.5, 0.6) is 5.75 Å². The predicted octanol–water partition coefficient (Wildman–Crippen LogP) is 4.83. The molecular formula is C21H21N3O2. The zero-order chi connectivity index (χ0) is 18.4. The standard InChI is InChI=1S/C21H21N3O2/c1-3-15(16-7-5-4-6-8-16)14-23-21-19(13-22)24-20(26-21)17-9-11-18(25-2)12-10-17/h4-12,15,23H,3,14H2,1-2H3. The smallest absolute Gasteiger partial charge is 0.232 e. The monoisotopic (exact) mass is 347 g/mol. The summed E-state index contributed by atoms with van der Waals surface area (Å²) in [6.07, 6.45) is 0.984. The van der Waals surface area contributed by atoms with E-state index in [1.807, 2.05) is 42.5 Å². The van der Waals surface area contributed by atoms with E-state index in [1.54, 1.807) is 7.11 Å². The molecule has 1 N–H and O–H groups in total. The van der Waals surface area contributed by atoms with Crippen LogP contribution in [0.15, 0.2) is 59.0 Å². The number of nitrogens with zero attached hydrogens (tertiary/aromatic N) is 2. The Morgan fingerprint density at radius 1 is 1.15 bits per heavy atom. The van der Waals surface area contributed by atoms with Crippen molar-refractivity contribution < 1.29 is 9.15 Å². The van der Waals surface area contributed by atoms with Crippen molar-refractivity contribution in [1.82, 2.24) is 4.98 Å². The number of aromatic nitrogens is 1. The minimum atomic E-state index is 0.263. The minimum Gasteiger partial charge on any atom is -0.497 e. The third kappa shape index (κ3) is 3.86. The van der Waals surface area contributed by atoms with Crippen LogP contribution in [0.1, 0.15) is 30.5 Å². The number of rotatable bonds is 7. The average Bonchev–Trinajstić information content (AvgIpc) is 3.12. The SMILES string of the molecule is CCC(CNc1oc(-c2ccc(OC)cc2)nc1C#N)c1ccccc1. The van der Waals surface area contributed by atoms with Gasteiger partial charge in [-0.05, 0) is 36.2 Å². The summed E-state index contributed by atoms with van der Waals surface area (Å²) in [5, 5.41) is 12.6. The minimum absolute atomic E-state index is 0.263.